The third kappa shape index (κ3) is 27.9. The Hall–Kier alpha value is 3.03. The van der Waals surface area contributed by atoms with Crippen molar-refractivity contribution in [2.24, 2.45) is 0 Å². The Labute approximate surface area is 101 Å². The summed E-state index contributed by atoms with van der Waals surface area (Å²) in [4.78, 5) is 0. The van der Waals surface area contributed by atoms with Crippen LogP contribution in [0.4, 0.5) is 0 Å². The van der Waals surface area contributed by atoms with Crippen LogP contribution < -0.4 is 0 Å². The zero-order valence-electron chi connectivity index (χ0n) is 0. The molecule has 0 aromatic carbocycles. The number of rotatable bonds is 0. The van der Waals surface area contributed by atoms with Gasteiger partial charge in [0.25, 0.3) is 0 Å². The van der Waals surface area contributed by atoms with Gasteiger partial charge in [-0.3, -0.25) is 0 Å². The van der Waals surface area contributed by atoms with E-state index in [2.05, 4.69) is 0 Å². The minimum atomic E-state index is 0. The molecule has 0 unspecified atom stereocenters. The Morgan fingerprint density at radius 1 is 0.667 bits per heavy atom. The Morgan fingerprint density at radius 3 is 0.667 bits per heavy atom. The fourth-order valence-electron chi connectivity index (χ4n) is 0. The maximum absolute atomic E-state index is 0. The minimum Gasteiger partial charge on any atom is -0.0149 e. The van der Waals surface area contributed by atoms with E-state index in [1.165, 1.54) is 0 Å². The summed E-state index contributed by atoms with van der Waals surface area (Å²) in [5.74, 6) is 0. The first-order chi connectivity index (χ1) is 0. The van der Waals surface area contributed by atoms with Crippen molar-refractivity contribution >= 4 is 103 Å². The van der Waals surface area contributed by atoms with Crippen molar-refractivity contribution in [1.29, 1.82) is 0 Å². The van der Waals surface area contributed by atoms with Gasteiger partial charge < -0.3 is 0 Å². The van der Waals surface area contributed by atoms with Crippen molar-refractivity contribution in [2.75, 3.05) is 0 Å². The van der Waals surface area contributed by atoms with Crippen LogP contribution in [0.2, 0.25) is 0 Å². The average molecular weight is 408 g/mol. The molecule has 0 rings (SSSR count). The van der Waals surface area contributed by atoms with Crippen molar-refractivity contribution in [3.63, 3.8) is 0 Å². The van der Waals surface area contributed by atoms with Gasteiger partial charge in [0.2, 0.25) is 0 Å². The van der Waals surface area contributed by atoms with Crippen LogP contribution in [-0.2, 0) is 0 Å². The first-order valence-electron chi connectivity index (χ1n) is 0. The molecule has 0 aromatic heterocycles. The van der Waals surface area contributed by atoms with Gasteiger partial charge in [0.1, 0.15) is 0 Å². The van der Waals surface area contributed by atoms with Crippen LogP contribution in [-0.4, -0.2) is 103 Å². The van der Waals surface area contributed by atoms with E-state index in [0.29, 0.717) is 0 Å². The summed E-state index contributed by atoms with van der Waals surface area (Å²) >= 11 is 0. The summed E-state index contributed by atoms with van der Waals surface area (Å²) in [7, 11) is 0. The molecule has 0 aliphatic rings. The van der Waals surface area contributed by atoms with Crippen LogP contribution in [0.5, 0.6) is 0 Å². The molecule has 0 fully saturated rings. The molecule has 0 atom stereocenters. The molecule has 0 aliphatic carbocycles. The van der Waals surface area contributed by atoms with Crippen LogP contribution in [0.1, 0.15) is 0 Å². The smallest absolute Gasteiger partial charge is 0.0149 e. The van der Waals surface area contributed by atoms with Crippen LogP contribution in [0, 0.1) is 0 Å². The molecule has 0 saturated heterocycles. The van der Waals surface area contributed by atoms with E-state index in [0.717, 1.165) is 0 Å². The molecule has 0 aromatic rings. The topological polar surface area (TPSA) is 0 Å². The molecule has 6 heteroatoms. The van der Waals surface area contributed by atoms with Gasteiger partial charge in [-0.15, -0.1) is 0 Å². The fraction of sp³-hybridized carbons (Fsp3) is 0. The molecule has 0 aliphatic heterocycles. The molecule has 0 saturated carbocycles. The molecule has 0 radical (unpaired) electrons. The Kier molecular flexibility index (Phi) is 458. The molecule has 0 nitrogen and oxygen atoms in total. The van der Waals surface area contributed by atoms with Gasteiger partial charge >= 0.3 is 80.8 Å². The van der Waals surface area contributed by atoms with E-state index < -0.39 is 0 Å². The second kappa shape index (κ2) is 43.3. The summed E-state index contributed by atoms with van der Waals surface area (Å²) < 4.78 is 0. The van der Waals surface area contributed by atoms with E-state index in [1.54, 1.807) is 0 Å². The predicted molar refractivity (Wildman–Crippen MR) is 65.2 cm³/mol. The summed E-state index contributed by atoms with van der Waals surface area (Å²) in [6, 6.07) is 0. The molecule has 0 spiro atoms. The van der Waals surface area contributed by atoms with Gasteiger partial charge in [-0.25, -0.2) is 0 Å². The van der Waals surface area contributed by atoms with Crippen LogP contribution in [0.25, 0.3) is 0 Å². The number of hydrogen-bond acceptors (Lipinski definition) is 0. The molecular formula is H22GaGe2InSi2. The largest absolute Gasteiger partial charge is 0.0149 e. The van der Waals surface area contributed by atoms with E-state index in [1.807, 2.05) is 0 Å². The zero-order valence-corrected chi connectivity index (χ0v) is 0. The van der Waals surface area contributed by atoms with Crippen molar-refractivity contribution in [2.45, 2.75) is 0 Å². The van der Waals surface area contributed by atoms with Gasteiger partial charge in [0.15, 0.2) is 0 Å². The second-order valence-electron chi connectivity index (χ2n) is 0. The van der Waals surface area contributed by atoms with E-state index >= 15 is 0 Å². The predicted octanol–water partition coefficient (Wildman–Crippen LogP) is -8.17. The first kappa shape index (κ1) is 63.5. The Balaban J connectivity index is 0. The monoisotopic (exact) mass is 410 g/mol. The normalized spacial score (nSPS) is 0. The minimum absolute atomic E-state index is 0. The van der Waals surface area contributed by atoms with Crippen molar-refractivity contribution in [3.05, 3.63) is 0 Å². The molecule has 0 N–H and O–H groups in total. The van der Waals surface area contributed by atoms with E-state index in [-0.39, 0.29) is 103 Å². The Bertz CT molecular complexity index is 11.5. The van der Waals surface area contributed by atoms with Gasteiger partial charge in [0.05, 0.1) is 0 Å². The molecule has 0 amide bonds. The maximum atomic E-state index is 0. The summed E-state index contributed by atoms with van der Waals surface area (Å²) in [5, 5.41) is 0. The van der Waals surface area contributed by atoms with Crippen molar-refractivity contribution in [1.82, 2.24) is 0 Å². The third-order valence-corrected chi connectivity index (χ3v) is 0. The standard InChI is InChI=1S/Ga.2GeH4.In.2H4Si.6H/h;2*1H4;;2*1H4;;;;;;. The molecule has 0 bridgehead atoms. The third-order valence-electron chi connectivity index (χ3n) is 0. The Morgan fingerprint density at radius 2 is 0.667 bits per heavy atom. The van der Waals surface area contributed by atoms with Crippen molar-refractivity contribution < 1.29 is 0 Å². The van der Waals surface area contributed by atoms with Crippen LogP contribution in [0.3, 0.4) is 0 Å². The van der Waals surface area contributed by atoms with Gasteiger partial charge in [0, 0.05) is 0 Å². The second-order valence-corrected chi connectivity index (χ2v) is 0. The first-order valence-corrected chi connectivity index (χ1v) is 0. The van der Waals surface area contributed by atoms with Gasteiger partial charge in [-0.2, -0.15) is 0 Å². The van der Waals surface area contributed by atoms with Gasteiger partial charge in [-0.1, -0.05) is 0 Å². The quantitative estimate of drug-likeness (QED) is 0.350. The summed E-state index contributed by atoms with van der Waals surface area (Å²) in [6.45, 7) is 0. The van der Waals surface area contributed by atoms with Crippen LogP contribution >= 0.6 is 0 Å². The van der Waals surface area contributed by atoms with Crippen LogP contribution in [0.15, 0.2) is 0 Å². The van der Waals surface area contributed by atoms with Crippen molar-refractivity contribution in [3.8, 4) is 0 Å². The molecular weight excluding hydrogens is 386 g/mol. The molecule has 0 heterocycles. The molecule has 44 valence electrons. The number of hydrogen-bond donors (Lipinski definition) is 0. The molecule has 6 heavy (non-hydrogen) atoms. The average Bonchev–Trinajstić information content (AvgIpc) is 0. The maximum Gasteiger partial charge on any atom is -0.0149 e. The van der Waals surface area contributed by atoms with E-state index in [9.17, 15) is 0 Å². The van der Waals surface area contributed by atoms with E-state index in [4.69, 9.17) is 0 Å². The SMILES string of the molecule is [GaH3].[GeH4].[GeH4].[InH3].[SiH4].[SiH4]. The summed E-state index contributed by atoms with van der Waals surface area (Å²) in [6.07, 6.45) is 0. The fourth-order valence-corrected chi connectivity index (χ4v) is 0. The van der Waals surface area contributed by atoms with Gasteiger partial charge in [-0.05, 0) is 21.9 Å². The summed E-state index contributed by atoms with van der Waals surface area (Å²) in [5.41, 5.74) is 0. The zero-order chi connectivity index (χ0) is 0.